The van der Waals surface area contributed by atoms with E-state index < -0.39 is 26.5 Å². The average molecular weight is 348 g/mol. The van der Waals surface area contributed by atoms with Gasteiger partial charge in [-0.2, -0.15) is 21.7 Å². The van der Waals surface area contributed by atoms with E-state index in [-0.39, 0.29) is 15.2 Å². The molecule has 0 aliphatic carbocycles. The number of fused-ring (bicyclic) bond motifs is 1. The van der Waals surface area contributed by atoms with Gasteiger partial charge in [0.1, 0.15) is 0 Å². The van der Waals surface area contributed by atoms with E-state index in [9.17, 15) is 16.8 Å². The Morgan fingerprint density at radius 1 is 0.955 bits per heavy atom. The van der Waals surface area contributed by atoms with Crippen molar-refractivity contribution in [2.75, 3.05) is 0 Å². The lowest BCUT2D eigenvalue weighted by Gasteiger charge is -2.08. The van der Waals surface area contributed by atoms with Crippen LogP contribution in [0.15, 0.2) is 46.2 Å². The molecule has 0 radical (unpaired) electrons. The highest BCUT2D eigenvalue weighted by molar-refractivity contribution is 7.86. The predicted molar refractivity (Wildman–Crippen MR) is 74.8 cm³/mol. The lowest BCUT2D eigenvalue weighted by Crippen LogP contribution is -2.13. The molecule has 22 heavy (non-hydrogen) atoms. The Balaban J connectivity index is 2.49. The van der Waals surface area contributed by atoms with E-state index in [1.54, 1.807) is 0 Å². The minimum Gasteiger partial charge on any atom is -0.366 e. The van der Waals surface area contributed by atoms with Gasteiger partial charge in [0.2, 0.25) is 0 Å². The van der Waals surface area contributed by atoms with Gasteiger partial charge in [-0.25, -0.2) is 0 Å². The standard InChI is InChI=1S/C12H12O8S2/c1-8(13)19-20-22(17,18)12-5-3-9-2-4-11(21(14,15)16)6-10(9)7-12/h2-8,13H,1H3,(H,14,15,16). The third-order valence-electron chi connectivity index (χ3n) is 2.64. The second-order valence-electron chi connectivity index (χ2n) is 4.36. The number of hydrogen-bond acceptors (Lipinski definition) is 7. The Kier molecular flexibility index (Phi) is 4.52. The highest BCUT2D eigenvalue weighted by atomic mass is 32.2. The Morgan fingerprint density at radius 3 is 2.05 bits per heavy atom. The molecule has 2 N–H and O–H groups in total. The van der Waals surface area contributed by atoms with Crippen molar-refractivity contribution in [2.45, 2.75) is 23.0 Å². The molecule has 0 bridgehead atoms. The van der Waals surface area contributed by atoms with Gasteiger partial charge in [-0.15, -0.1) is 4.33 Å². The molecule has 2 aromatic carbocycles. The first-order chi connectivity index (χ1) is 10.1. The maximum atomic E-state index is 11.8. The van der Waals surface area contributed by atoms with Crippen molar-refractivity contribution < 1.29 is 35.7 Å². The molecule has 10 heteroatoms. The first-order valence-electron chi connectivity index (χ1n) is 5.89. The summed E-state index contributed by atoms with van der Waals surface area (Å²) in [5.74, 6) is 0. The summed E-state index contributed by atoms with van der Waals surface area (Å²) in [4.78, 5) is 3.52. The quantitative estimate of drug-likeness (QED) is 0.355. The van der Waals surface area contributed by atoms with Gasteiger partial charge in [0.25, 0.3) is 10.1 Å². The second-order valence-corrected chi connectivity index (χ2v) is 7.30. The Bertz CT molecular complexity index is 900. The number of benzene rings is 2. The van der Waals surface area contributed by atoms with Crippen molar-refractivity contribution in [3.05, 3.63) is 36.4 Å². The minimum atomic E-state index is -4.40. The minimum absolute atomic E-state index is 0.261. The Morgan fingerprint density at radius 2 is 1.50 bits per heavy atom. The zero-order valence-electron chi connectivity index (χ0n) is 11.2. The van der Waals surface area contributed by atoms with Crippen LogP contribution in [-0.4, -0.2) is 32.8 Å². The van der Waals surface area contributed by atoms with E-state index >= 15 is 0 Å². The maximum Gasteiger partial charge on any atom is 0.323 e. The largest absolute Gasteiger partial charge is 0.366 e. The molecular formula is C12H12O8S2. The number of rotatable bonds is 5. The highest BCUT2D eigenvalue weighted by Crippen LogP contribution is 2.23. The zero-order valence-corrected chi connectivity index (χ0v) is 12.8. The summed E-state index contributed by atoms with van der Waals surface area (Å²) < 4.78 is 59.1. The molecule has 120 valence electrons. The van der Waals surface area contributed by atoms with E-state index in [0.717, 1.165) is 19.1 Å². The predicted octanol–water partition coefficient (Wildman–Crippen LogP) is 1.06. The molecule has 0 aliphatic heterocycles. The fourth-order valence-electron chi connectivity index (χ4n) is 1.67. The van der Waals surface area contributed by atoms with Gasteiger partial charge in [-0.3, -0.25) is 4.55 Å². The molecule has 0 aromatic heterocycles. The third-order valence-corrected chi connectivity index (χ3v) is 4.58. The first-order valence-corrected chi connectivity index (χ1v) is 8.74. The van der Waals surface area contributed by atoms with Crippen LogP contribution < -0.4 is 0 Å². The fourth-order valence-corrected chi connectivity index (χ4v) is 2.98. The van der Waals surface area contributed by atoms with Crippen LogP contribution in [0.3, 0.4) is 0 Å². The summed E-state index contributed by atoms with van der Waals surface area (Å²) in [5.41, 5.74) is 0. The second kappa shape index (κ2) is 5.91. The van der Waals surface area contributed by atoms with Crippen LogP contribution in [0.4, 0.5) is 0 Å². The molecule has 1 atom stereocenters. The first kappa shape index (κ1) is 16.8. The van der Waals surface area contributed by atoms with E-state index in [2.05, 4.69) is 9.22 Å². The Labute approximate surface area is 126 Å². The van der Waals surface area contributed by atoms with Gasteiger partial charge in [0.05, 0.1) is 9.79 Å². The summed E-state index contributed by atoms with van der Waals surface area (Å²) >= 11 is 0. The van der Waals surface area contributed by atoms with Gasteiger partial charge in [0, 0.05) is 0 Å². The van der Waals surface area contributed by atoms with Crippen LogP contribution in [0.5, 0.6) is 0 Å². The van der Waals surface area contributed by atoms with Crippen LogP contribution in [-0.2, 0) is 29.5 Å². The molecule has 0 heterocycles. The molecule has 0 amide bonds. The molecular weight excluding hydrogens is 336 g/mol. The van der Waals surface area contributed by atoms with Crippen molar-refractivity contribution in [3.8, 4) is 0 Å². The molecule has 0 saturated carbocycles. The fraction of sp³-hybridized carbons (Fsp3) is 0.167. The van der Waals surface area contributed by atoms with E-state index in [0.29, 0.717) is 5.39 Å². The van der Waals surface area contributed by atoms with Crippen molar-refractivity contribution in [1.29, 1.82) is 0 Å². The molecule has 1 unspecified atom stereocenters. The van der Waals surface area contributed by atoms with Crippen molar-refractivity contribution >= 4 is 31.0 Å². The molecule has 0 aliphatic rings. The zero-order chi connectivity index (χ0) is 16.5. The molecule has 0 fully saturated rings. The van der Waals surface area contributed by atoms with Gasteiger partial charge in [0.15, 0.2) is 6.29 Å². The molecule has 8 nitrogen and oxygen atoms in total. The molecule has 2 rings (SSSR count). The summed E-state index contributed by atoms with van der Waals surface area (Å²) in [6.07, 6.45) is -1.44. The average Bonchev–Trinajstić information content (AvgIpc) is 2.43. The van der Waals surface area contributed by atoms with E-state index in [1.807, 2.05) is 0 Å². The van der Waals surface area contributed by atoms with Gasteiger partial charge >= 0.3 is 10.1 Å². The van der Waals surface area contributed by atoms with Crippen LogP contribution in [0.25, 0.3) is 10.8 Å². The number of hydrogen-bond donors (Lipinski definition) is 2. The molecule has 2 aromatic rings. The topological polar surface area (TPSA) is 127 Å². The van der Waals surface area contributed by atoms with E-state index in [4.69, 9.17) is 9.66 Å². The molecule has 0 spiro atoms. The summed E-state index contributed by atoms with van der Waals surface area (Å²) in [7, 11) is -8.69. The summed E-state index contributed by atoms with van der Waals surface area (Å²) in [6, 6.07) is 7.56. The maximum absolute atomic E-state index is 11.8. The smallest absolute Gasteiger partial charge is 0.323 e. The summed E-state index contributed by atoms with van der Waals surface area (Å²) in [5, 5.41) is 9.67. The van der Waals surface area contributed by atoms with Crippen molar-refractivity contribution in [2.24, 2.45) is 0 Å². The van der Waals surface area contributed by atoms with Crippen LogP contribution in [0.2, 0.25) is 0 Å². The van der Waals surface area contributed by atoms with Gasteiger partial charge < -0.3 is 5.11 Å². The van der Waals surface area contributed by atoms with Gasteiger partial charge in [-0.05, 0) is 42.0 Å². The number of aliphatic hydroxyl groups is 1. The highest BCUT2D eigenvalue weighted by Gasteiger charge is 2.19. The SMILES string of the molecule is CC(O)OOS(=O)(=O)c1ccc2ccc(S(=O)(=O)O)cc2c1. The lowest BCUT2D eigenvalue weighted by molar-refractivity contribution is -0.295. The van der Waals surface area contributed by atoms with Gasteiger partial charge in [-0.1, -0.05) is 12.1 Å². The van der Waals surface area contributed by atoms with Crippen LogP contribution in [0, 0.1) is 0 Å². The third kappa shape index (κ3) is 3.80. The molecule has 0 saturated heterocycles. The van der Waals surface area contributed by atoms with Crippen molar-refractivity contribution in [1.82, 2.24) is 0 Å². The Hall–Kier alpha value is -1.56. The van der Waals surface area contributed by atoms with Crippen LogP contribution in [0.1, 0.15) is 6.92 Å². The normalized spacial score (nSPS) is 14.1. The van der Waals surface area contributed by atoms with Crippen LogP contribution >= 0.6 is 0 Å². The van der Waals surface area contributed by atoms with E-state index in [1.165, 1.54) is 24.3 Å². The summed E-state index contributed by atoms with van der Waals surface area (Å²) in [6.45, 7) is 1.16. The number of aliphatic hydroxyl groups excluding tert-OH is 1. The van der Waals surface area contributed by atoms with Crippen molar-refractivity contribution in [3.63, 3.8) is 0 Å². The monoisotopic (exact) mass is 348 g/mol. The lowest BCUT2D eigenvalue weighted by atomic mass is 10.1.